The Kier molecular flexibility index (Phi) is 18.1. The van der Waals surface area contributed by atoms with Crippen LogP contribution in [0.4, 0.5) is 0 Å². The molecule has 0 unspecified atom stereocenters. The second-order valence-electron chi connectivity index (χ2n) is 6.72. The largest absolute Gasteiger partial charge is 0.481 e. The molecule has 0 rings (SSSR count). The maximum absolute atomic E-state index is 12.1. The van der Waals surface area contributed by atoms with Gasteiger partial charge in [0.2, 0.25) is 0 Å². The molecule has 0 spiro atoms. The van der Waals surface area contributed by atoms with E-state index in [-0.39, 0.29) is 25.9 Å². The Morgan fingerprint density at radius 1 is 0.710 bits per heavy atom. The summed E-state index contributed by atoms with van der Waals surface area (Å²) in [7, 11) is 0. The number of imide groups is 1. The quantitative estimate of drug-likeness (QED) is 0.395. The molecule has 0 fully saturated rings. The SMILES string of the molecule is CCC(=O)O.CCCN(CCN(CCC)CC(=O)ON(C(C)=O)C(=O)CC)CC(=O)O. The number of hydroxylamine groups is 2. The third-order valence-corrected chi connectivity index (χ3v) is 3.83. The van der Waals surface area contributed by atoms with Crippen LogP contribution >= 0.6 is 0 Å². The molecule has 11 heteroatoms. The number of amides is 2. The summed E-state index contributed by atoms with van der Waals surface area (Å²) in [5, 5.41) is 17.2. The smallest absolute Gasteiger partial charge is 0.347 e. The monoisotopic (exact) mass is 447 g/mol. The van der Waals surface area contributed by atoms with Gasteiger partial charge in [0.05, 0.1) is 13.1 Å². The number of hydrogen-bond acceptors (Lipinski definition) is 8. The highest BCUT2D eigenvalue weighted by Crippen LogP contribution is 2.01. The van der Waals surface area contributed by atoms with Crippen LogP contribution in [0.25, 0.3) is 0 Å². The van der Waals surface area contributed by atoms with Crippen LogP contribution in [0.1, 0.15) is 60.3 Å². The number of rotatable bonds is 13. The molecule has 0 radical (unpaired) electrons. The molecule has 0 atom stereocenters. The summed E-state index contributed by atoms with van der Waals surface area (Å²) in [4.78, 5) is 64.0. The van der Waals surface area contributed by atoms with Crippen LogP contribution in [0.3, 0.4) is 0 Å². The predicted molar refractivity (Wildman–Crippen MR) is 113 cm³/mol. The average molecular weight is 448 g/mol. The van der Waals surface area contributed by atoms with E-state index in [0.29, 0.717) is 31.2 Å². The summed E-state index contributed by atoms with van der Waals surface area (Å²) in [6, 6.07) is 0. The summed E-state index contributed by atoms with van der Waals surface area (Å²) in [6.07, 6.45) is 1.90. The Balaban J connectivity index is 0. The minimum atomic E-state index is -0.893. The summed E-state index contributed by atoms with van der Waals surface area (Å²) in [5.41, 5.74) is 0. The van der Waals surface area contributed by atoms with Gasteiger partial charge in [0.15, 0.2) is 0 Å². The van der Waals surface area contributed by atoms with E-state index in [0.717, 1.165) is 19.8 Å². The van der Waals surface area contributed by atoms with Crippen LogP contribution in [-0.2, 0) is 28.8 Å². The second-order valence-corrected chi connectivity index (χ2v) is 6.72. The fourth-order valence-electron chi connectivity index (χ4n) is 2.39. The van der Waals surface area contributed by atoms with E-state index in [1.165, 1.54) is 0 Å². The van der Waals surface area contributed by atoms with Crippen LogP contribution in [0.5, 0.6) is 0 Å². The summed E-state index contributed by atoms with van der Waals surface area (Å²) in [5.74, 6) is -3.57. The van der Waals surface area contributed by atoms with E-state index < -0.39 is 29.7 Å². The highest BCUT2D eigenvalue weighted by Gasteiger charge is 2.23. The van der Waals surface area contributed by atoms with Crippen LogP contribution in [0.2, 0.25) is 0 Å². The lowest BCUT2D eigenvalue weighted by atomic mass is 10.3. The van der Waals surface area contributed by atoms with Crippen molar-refractivity contribution in [2.24, 2.45) is 0 Å². The van der Waals surface area contributed by atoms with Gasteiger partial charge in [-0.3, -0.25) is 29.0 Å². The molecular weight excluding hydrogens is 410 g/mol. The summed E-state index contributed by atoms with van der Waals surface area (Å²) in [6.45, 7) is 10.4. The van der Waals surface area contributed by atoms with Gasteiger partial charge in [-0.05, 0) is 25.9 Å². The molecule has 2 N–H and O–H groups in total. The van der Waals surface area contributed by atoms with Gasteiger partial charge in [-0.15, -0.1) is 5.06 Å². The van der Waals surface area contributed by atoms with E-state index in [4.69, 9.17) is 15.1 Å². The maximum atomic E-state index is 12.1. The normalized spacial score (nSPS) is 10.3. The van der Waals surface area contributed by atoms with Crippen molar-refractivity contribution in [3.05, 3.63) is 0 Å². The first kappa shape index (κ1) is 30.7. The Morgan fingerprint density at radius 3 is 1.48 bits per heavy atom. The third kappa shape index (κ3) is 16.9. The Hall–Kier alpha value is -2.53. The number of hydrogen-bond donors (Lipinski definition) is 2. The molecule has 0 aromatic rings. The van der Waals surface area contributed by atoms with E-state index in [9.17, 15) is 24.0 Å². The second kappa shape index (κ2) is 18.3. The van der Waals surface area contributed by atoms with Crippen molar-refractivity contribution in [3.63, 3.8) is 0 Å². The highest BCUT2D eigenvalue weighted by molar-refractivity contribution is 5.94. The van der Waals surface area contributed by atoms with Crippen molar-refractivity contribution in [3.8, 4) is 0 Å². The molecule has 0 heterocycles. The van der Waals surface area contributed by atoms with Crippen molar-refractivity contribution < 1.29 is 39.0 Å². The van der Waals surface area contributed by atoms with E-state index in [1.54, 1.807) is 18.7 Å². The molecule has 0 aliphatic rings. The number of nitrogens with zero attached hydrogens (tertiary/aromatic N) is 3. The van der Waals surface area contributed by atoms with Gasteiger partial charge in [0, 0.05) is 32.9 Å². The lowest BCUT2D eigenvalue weighted by Gasteiger charge is -2.26. The summed E-state index contributed by atoms with van der Waals surface area (Å²) >= 11 is 0. The van der Waals surface area contributed by atoms with Crippen LogP contribution in [0.15, 0.2) is 0 Å². The fraction of sp³-hybridized carbons (Fsp3) is 0.750. The number of carboxylic acids is 2. The van der Waals surface area contributed by atoms with Gasteiger partial charge < -0.3 is 15.1 Å². The third-order valence-electron chi connectivity index (χ3n) is 3.83. The highest BCUT2D eigenvalue weighted by atomic mass is 16.7. The number of carbonyl (C=O) groups excluding carboxylic acids is 3. The molecule has 11 nitrogen and oxygen atoms in total. The molecule has 31 heavy (non-hydrogen) atoms. The molecule has 2 amide bonds. The van der Waals surface area contributed by atoms with Gasteiger partial charge in [-0.25, -0.2) is 4.79 Å². The standard InChI is InChI=1S/C17H31N3O6.C3H6O2/c1-5-8-18(12-16(23)24)10-11-19(9-6-2)13-17(25)26-20(14(4)21)15(22)7-3;1-2-3(4)5/h5-13H2,1-4H3,(H,23,24);2H2,1H3,(H,4,5). The van der Waals surface area contributed by atoms with Gasteiger partial charge in [0.25, 0.3) is 11.8 Å². The van der Waals surface area contributed by atoms with E-state index in [1.807, 2.05) is 18.7 Å². The van der Waals surface area contributed by atoms with Crippen molar-refractivity contribution in [1.29, 1.82) is 0 Å². The Labute approximate surface area is 183 Å². The lowest BCUT2D eigenvalue weighted by molar-refractivity contribution is -0.202. The first-order chi connectivity index (χ1) is 14.5. The van der Waals surface area contributed by atoms with Crippen LogP contribution in [-0.4, -0.2) is 94.1 Å². The number of aliphatic carboxylic acids is 2. The number of carboxylic acid groups (broad SMARTS) is 2. The van der Waals surface area contributed by atoms with Gasteiger partial charge >= 0.3 is 17.9 Å². The zero-order valence-electron chi connectivity index (χ0n) is 19.3. The van der Waals surface area contributed by atoms with Crippen molar-refractivity contribution in [2.75, 3.05) is 39.3 Å². The minimum Gasteiger partial charge on any atom is -0.481 e. The van der Waals surface area contributed by atoms with Crippen LogP contribution < -0.4 is 0 Å². The minimum absolute atomic E-state index is 0.0483. The first-order valence-corrected chi connectivity index (χ1v) is 10.4. The molecular formula is C20H37N3O8. The zero-order valence-corrected chi connectivity index (χ0v) is 19.3. The molecule has 0 bridgehead atoms. The van der Waals surface area contributed by atoms with Gasteiger partial charge in [-0.2, -0.15) is 0 Å². The molecule has 0 saturated carbocycles. The van der Waals surface area contributed by atoms with E-state index in [2.05, 4.69) is 0 Å². The Bertz CT molecular complexity index is 583. The maximum Gasteiger partial charge on any atom is 0.347 e. The fourth-order valence-corrected chi connectivity index (χ4v) is 2.39. The lowest BCUT2D eigenvalue weighted by Crippen LogP contribution is -2.43. The van der Waals surface area contributed by atoms with Crippen molar-refractivity contribution in [1.82, 2.24) is 14.9 Å². The molecule has 0 aliphatic heterocycles. The molecule has 0 aromatic carbocycles. The molecule has 0 saturated heterocycles. The summed E-state index contributed by atoms with van der Waals surface area (Å²) < 4.78 is 0. The molecule has 0 aliphatic carbocycles. The topological polar surface area (TPSA) is 145 Å². The van der Waals surface area contributed by atoms with Gasteiger partial charge in [0.1, 0.15) is 0 Å². The number of carbonyl (C=O) groups is 5. The molecule has 0 aromatic heterocycles. The van der Waals surface area contributed by atoms with Crippen LogP contribution in [0, 0.1) is 0 Å². The van der Waals surface area contributed by atoms with E-state index >= 15 is 0 Å². The first-order valence-electron chi connectivity index (χ1n) is 10.4. The molecule has 180 valence electrons. The van der Waals surface area contributed by atoms with Crippen molar-refractivity contribution in [2.45, 2.75) is 60.3 Å². The zero-order chi connectivity index (χ0) is 24.4. The van der Waals surface area contributed by atoms with Crippen molar-refractivity contribution >= 4 is 29.7 Å². The average Bonchev–Trinajstić information content (AvgIpc) is 2.69. The van der Waals surface area contributed by atoms with Gasteiger partial charge in [-0.1, -0.05) is 27.7 Å². The predicted octanol–water partition coefficient (Wildman–Crippen LogP) is 1.22. The Morgan fingerprint density at radius 2 is 1.16 bits per heavy atom.